The molecule has 4 nitrogen and oxygen atoms in total. The number of piperidine rings is 1. The van der Waals surface area contributed by atoms with Crippen molar-refractivity contribution in [2.75, 3.05) is 6.54 Å². The highest BCUT2D eigenvalue weighted by Crippen LogP contribution is 2.28. The van der Waals surface area contributed by atoms with Gasteiger partial charge in [-0.1, -0.05) is 18.2 Å². The van der Waals surface area contributed by atoms with Crippen LogP contribution in [0.1, 0.15) is 30.1 Å². The standard InChI is InChI=1S/C15H17FN2O2/c16-13-4-2-1-3-10(13)7-12-8-11(5-6-17-12)14-9-15(19)18-20-14/h1-4,9,11-12,17H,5-8H2,(H,18,19)/t11-,12-/m0/s1. The Kier molecular flexibility index (Phi) is 3.69. The van der Waals surface area contributed by atoms with Gasteiger partial charge in [-0.05, 0) is 37.4 Å². The van der Waals surface area contributed by atoms with Crippen molar-refractivity contribution in [3.05, 3.63) is 57.8 Å². The SMILES string of the molecule is O=c1cc([C@H]2CCN[C@@H](Cc3ccccc3F)C2)o[nH]1. The van der Waals surface area contributed by atoms with Gasteiger partial charge in [-0.25, -0.2) is 4.39 Å². The lowest BCUT2D eigenvalue weighted by Gasteiger charge is -2.29. The van der Waals surface area contributed by atoms with Gasteiger partial charge in [0.2, 0.25) is 0 Å². The summed E-state index contributed by atoms with van der Waals surface area (Å²) >= 11 is 0. The number of nitrogens with one attached hydrogen (secondary N) is 2. The molecule has 0 unspecified atom stereocenters. The van der Waals surface area contributed by atoms with Crippen molar-refractivity contribution < 1.29 is 8.91 Å². The topological polar surface area (TPSA) is 58.0 Å². The predicted octanol–water partition coefficient (Wildman–Crippen LogP) is 2.19. The van der Waals surface area contributed by atoms with Gasteiger partial charge in [0.05, 0.1) is 0 Å². The number of halogens is 1. The molecule has 2 heterocycles. The fraction of sp³-hybridized carbons (Fsp3) is 0.400. The van der Waals surface area contributed by atoms with E-state index in [1.54, 1.807) is 6.07 Å². The molecule has 0 spiro atoms. The van der Waals surface area contributed by atoms with Crippen molar-refractivity contribution in [2.45, 2.75) is 31.2 Å². The molecular formula is C15H17FN2O2. The first kappa shape index (κ1) is 13.1. The third-order valence-electron chi connectivity index (χ3n) is 3.86. The zero-order chi connectivity index (χ0) is 13.9. The van der Waals surface area contributed by atoms with Gasteiger partial charge in [-0.15, -0.1) is 0 Å². The van der Waals surface area contributed by atoms with Gasteiger partial charge in [-0.3, -0.25) is 4.79 Å². The van der Waals surface area contributed by atoms with Crippen LogP contribution in [0.2, 0.25) is 0 Å². The largest absolute Gasteiger partial charge is 0.383 e. The number of hydrogen-bond acceptors (Lipinski definition) is 3. The average molecular weight is 276 g/mol. The first-order valence-corrected chi connectivity index (χ1v) is 6.87. The molecular weight excluding hydrogens is 259 g/mol. The zero-order valence-corrected chi connectivity index (χ0v) is 11.1. The maximum Gasteiger partial charge on any atom is 0.280 e. The molecule has 0 bridgehead atoms. The lowest BCUT2D eigenvalue weighted by molar-refractivity contribution is 0.291. The molecule has 20 heavy (non-hydrogen) atoms. The summed E-state index contributed by atoms with van der Waals surface area (Å²) in [5, 5.41) is 5.73. The molecule has 0 aliphatic carbocycles. The Hall–Kier alpha value is -1.88. The van der Waals surface area contributed by atoms with Gasteiger partial charge in [0, 0.05) is 18.0 Å². The molecule has 1 aromatic carbocycles. The van der Waals surface area contributed by atoms with Crippen LogP contribution in [0.3, 0.4) is 0 Å². The third kappa shape index (κ3) is 2.82. The van der Waals surface area contributed by atoms with E-state index in [1.807, 2.05) is 12.1 Å². The summed E-state index contributed by atoms with van der Waals surface area (Å²) < 4.78 is 18.9. The maximum atomic E-state index is 13.7. The number of aromatic nitrogens is 1. The molecule has 1 aromatic heterocycles. The Morgan fingerprint density at radius 3 is 2.95 bits per heavy atom. The summed E-state index contributed by atoms with van der Waals surface area (Å²) in [6.07, 6.45) is 2.42. The Labute approximate surface area is 116 Å². The van der Waals surface area contributed by atoms with Gasteiger partial charge >= 0.3 is 0 Å². The zero-order valence-electron chi connectivity index (χ0n) is 11.1. The van der Waals surface area contributed by atoms with E-state index in [1.165, 1.54) is 12.1 Å². The molecule has 5 heteroatoms. The second kappa shape index (κ2) is 5.63. The van der Waals surface area contributed by atoms with E-state index < -0.39 is 0 Å². The quantitative estimate of drug-likeness (QED) is 0.903. The highest BCUT2D eigenvalue weighted by Gasteiger charge is 2.26. The highest BCUT2D eigenvalue weighted by atomic mass is 19.1. The molecule has 1 fully saturated rings. The van der Waals surface area contributed by atoms with Crippen LogP contribution in [0.5, 0.6) is 0 Å². The van der Waals surface area contributed by atoms with E-state index in [9.17, 15) is 9.18 Å². The second-order valence-electron chi connectivity index (χ2n) is 5.28. The summed E-state index contributed by atoms with van der Waals surface area (Å²) in [6.45, 7) is 0.846. The van der Waals surface area contributed by atoms with Crippen LogP contribution >= 0.6 is 0 Å². The van der Waals surface area contributed by atoms with E-state index >= 15 is 0 Å². The van der Waals surface area contributed by atoms with Crippen LogP contribution in [0, 0.1) is 5.82 Å². The minimum absolute atomic E-state index is 0.162. The summed E-state index contributed by atoms with van der Waals surface area (Å²) in [5.74, 6) is 0.756. The van der Waals surface area contributed by atoms with Gasteiger partial charge in [0.15, 0.2) is 0 Å². The van der Waals surface area contributed by atoms with E-state index in [0.29, 0.717) is 12.2 Å². The smallest absolute Gasteiger partial charge is 0.280 e. The molecule has 106 valence electrons. The van der Waals surface area contributed by atoms with Crippen molar-refractivity contribution in [1.29, 1.82) is 0 Å². The number of hydrogen-bond donors (Lipinski definition) is 2. The Morgan fingerprint density at radius 1 is 1.35 bits per heavy atom. The Balaban J connectivity index is 1.69. The van der Waals surface area contributed by atoms with Crippen LogP contribution in [0.15, 0.2) is 39.6 Å². The number of H-pyrrole nitrogens is 1. The fourth-order valence-corrected chi connectivity index (χ4v) is 2.85. The molecule has 0 saturated carbocycles. The lowest BCUT2D eigenvalue weighted by Crippen LogP contribution is -2.38. The molecule has 2 N–H and O–H groups in total. The number of rotatable bonds is 3. The van der Waals surface area contributed by atoms with Crippen molar-refractivity contribution in [3.8, 4) is 0 Å². The van der Waals surface area contributed by atoms with Crippen LogP contribution in [0.25, 0.3) is 0 Å². The molecule has 1 aliphatic rings. The van der Waals surface area contributed by atoms with Crippen molar-refractivity contribution >= 4 is 0 Å². The van der Waals surface area contributed by atoms with Crippen molar-refractivity contribution in [1.82, 2.24) is 10.5 Å². The van der Waals surface area contributed by atoms with Crippen molar-refractivity contribution in [3.63, 3.8) is 0 Å². The van der Waals surface area contributed by atoms with Gasteiger partial charge in [-0.2, -0.15) is 5.16 Å². The fourth-order valence-electron chi connectivity index (χ4n) is 2.85. The molecule has 2 atom stereocenters. The Morgan fingerprint density at radius 2 is 2.20 bits per heavy atom. The van der Waals surface area contributed by atoms with Crippen LogP contribution in [-0.2, 0) is 6.42 Å². The maximum absolute atomic E-state index is 13.7. The normalized spacial score (nSPS) is 22.9. The summed E-state index contributed by atoms with van der Waals surface area (Å²) in [4.78, 5) is 11.1. The monoisotopic (exact) mass is 276 g/mol. The Bertz CT molecular complexity index is 635. The molecule has 3 rings (SSSR count). The van der Waals surface area contributed by atoms with Crippen LogP contribution in [0.4, 0.5) is 4.39 Å². The summed E-state index contributed by atoms with van der Waals surface area (Å²) in [5.41, 5.74) is 0.519. The second-order valence-corrected chi connectivity index (χ2v) is 5.28. The van der Waals surface area contributed by atoms with Crippen molar-refractivity contribution in [2.24, 2.45) is 0 Å². The van der Waals surface area contributed by atoms with E-state index in [4.69, 9.17) is 4.52 Å². The van der Waals surface area contributed by atoms with E-state index in [-0.39, 0.29) is 23.3 Å². The average Bonchev–Trinajstić information content (AvgIpc) is 2.89. The highest BCUT2D eigenvalue weighted by molar-refractivity contribution is 5.19. The van der Waals surface area contributed by atoms with Gasteiger partial charge in [0.25, 0.3) is 5.56 Å². The molecule has 0 radical (unpaired) electrons. The minimum Gasteiger partial charge on any atom is -0.383 e. The molecule has 1 aliphatic heterocycles. The molecule has 2 aromatic rings. The van der Waals surface area contributed by atoms with Crippen LogP contribution in [-0.4, -0.2) is 17.7 Å². The first-order chi connectivity index (χ1) is 9.72. The van der Waals surface area contributed by atoms with Gasteiger partial charge < -0.3 is 9.84 Å². The van der Waals surface area contributed by atoms with E-state index in [2.05, 4.69) is 10.5 Å². The summed E-state index contributed by atoms with van der Waals surface area (Å²) in [6, 6.07) is 8.56. The number of aromatic amines is 1. The predicted molar refractivity (Wildman–Crippen MR) is 73.2 cm³/mol. The number of benzene rings is 1. The molecule has 0 amide bonds. The first-order valence-electron chi connectivity index (χ1n) is 6.87. The van der Waals surface area contributed by atoms with E-state index in [0.717, 1.165) is 24.9 Å². The third-order valence-corrected chi connectivity index (χ3v) is 3.86. The summed E-state index contributed by atoms with van der Waals surface area (Å²) in [7, 11) is 0. The van der Waals surface area contributed by atoms with Gasteiger partial charge in [0.1, 0.15) is 11.6 Å². The van der Waals surface area contributed by atoms with Crippen LogP contribution < -0.4 is 10.9 Å². The molecule has 1 saturated heterocycles. The lowest BCUT2D eigenvalue weighted by atomic mass is 9.87. The minimum atomic E-state index is -0.204.